The predicted molar refractivity (Wildman–Crippen MR) is 112 cm³/mol. The number of ether oxygens (including phenoxy) is 1. The second kappa shape index (κ2) is 9.23. The van der Waals surface area contributed by atoms with Gasteiger partial charge in [-0.15, -0.1) is 0 Å². The van der Waals surface area contributed by atoms with E-state index < -0.39 is 11.8 Å². The summed E-state index contributed by atoms with van der Waals surface area (Å²) in [6.45, 7) is 4.29. The number of carbonyl (C=O) groups excluding carboxylic acids is 2. The fourth-order valence-electron chi connectivity index (χ4n) is 4.02. The molecular weight excluding hydrogens is 397 g/mol. The molecule has 0 radical (unpaired) electrons. The van der Waals surface area contributed by atoms with Crippen molar-refractivity contribution in [3.8, 4) is 0 Å². The van der Waals surface area contributed by atoms with Gasteiger partial charge >= 0.3 is 5.97 Å². The molecule has 0 amide bonds. The first-order valence-corrected chi connectivity index (χ1v) is 10.6. The van der Waals surface area contributed by atoms with Crippen molar-refractivity contribution in [2.45, 2.75) is 58.3 Å². The first-order valence-electron chi connectivity index (χ1n) is 9.87. The Labute approximate surface area is 176 Å². The minimum atomic E-state index is -0.668. The molecule has 4 nitrogen and oxygen atoms in total. The van der Waals surface area contributed by atoms with Gasteiger partial charge in [0.05, 0.1) is 16.7 Å². The summed E-state index contributed by atoms with van der Waals surface area (Å²) in [6.07, 6.45) is 4.83. The standard InChI is InChI=1S/C22H25Cl2NO3/c1-3-4-5-12-28-22(27)18-13(2)25-16-10-7-11-17(26)20(16)19(18)14-8-6-9-15(23)21(14)24/h6,8-9,18-19H,3-5,7,10-12H2,1-2H3/t18?,19-/m0/s1. The minimum absolute atomic E-state index is 0.0299. The van der Waals surface area contributed by atoms with Crippen LogP contribution >= 0.6 is 23.2 Å². The van der Waals surface area contributed by atoms with Gasteiger partial charge in [-0.25, -0.2) is 0 Å². The Morgan fingerprint density at radius 1 is 1.25 bits per heavy atom. The van der Waals surface area contributed by atoms with Crippen LogP contribution in [0.2, 0.25) is 10.0 Å². The summed E-state index contributed by atoms with van der Waals surface area (Å²) < 4.78 is 5.56. The molecule has 0 bridgehead atoms. The lowest BCUT2D eigenvalue weighted by Crippen LogP contribution is -2.37. The number of hydrogen-bond acceptors (Lipinski definition) is 4. The van der Waals surface area contributed by atoms with Crippen LogP contribution in [0.4, 0.5) is 0 Å². The van der Waals surface area contributed by atoms with Gasteiger partial charge in [-0.3, -0.25) is 14.6 Å². The number of carbonyl (C=O) groups is 2. The van der Waals surface area contributed by atoms with E-state index in [2.05, 4.69) is 11.9 Å². The van der Waals surface area contributed by atoms with Crippen molar-refractivity contribution in [3.05, 3.63) is 45.1 Å². The lowest BCUT2D eigenvalue weighted by atomic mass is 9.71. The highest BCUT2D eigenvalue weighted by Crippen LogP contribution is 2.46. The van der Waals surface area contributed by atoms with Gasteiger partial charge in [0.2, 0.25) is 0 Å². The second-order valence-electron chi connectivity index (χ2n) is 7.36. The van der Waals surface area contributed by atoms with E-state index in [4.69, 9.17) is 27.9 Å². The largest absolute Gasteiger partial charge is 0.465 e. The Balaban J connectivity index is 2.03. The molecule has 0 saturated carbocycles. The summed E-state index contributed by atoms with van der Waals surface area (Å²) in [5.74, 6) is -1.51. The summed E-state index contributed by atoms with van der Waals surface area (Å²) in [6, 6.07) is 5.33. The molecule has 1 unspecified atom stereocenters. The van der Waals surface area contributed by atoms with Crippen molar-refractivity contribution < 1.29 is 14.3 Å². The van der Waals surface area contributed by atoms with Gasteiger partial charge in [-0.05, 0) is 37.8 Å². The fraction of sp³-hybridized carbons (Fsp3) is 0.500. The number of hydrogen-bond donors (Lipinski definition) is 0. The maximum atomic E-state index is 13.0. The van der Waals surface area contributed by atoms with Crippen molar-refractivity contribution in [1.82, 2.24) is 0 Å². The van der Waals surface area contributed by atoms with Gasteiger partial charge in [0.25, 0.3) is 0 Å². The summed E-state index contributed by atoms with van der Waals surface area (Å²) in [5, 5.41) is 0.776. The molecule has 0 aromatic heterocycles. The Bertz CT molecular complexity index is 844. The molecule has 1 aliphatic carbocycles. The zero-order valence-corrected chi connectivity index (χ0v) is 17.8. The number of unbranched alkanes of at least 4 members (excludes halogenated alkanes) is 2. The topological polar surface area (TPSA) is 55.7 Å². The highest BCUT2D eigenvalue weighted by molar-refractivity contribution is 6.42. The van der Waals surface area contributed by atoms with Crippen molar-refractivity contribution in [2.24, 2.45) is 10.9 Å². The zero-order valence-electron chi connectivity index (χ0n) is 16.3. The number of allylic oxidation sites excluding steroid dienone is 2. The smallest absolute Gasteiger partial charge is 0.315 e. The first-order chi connectivity index (χ1) is 13.5. The van der Waals surface area contributed by atoms with Crippen LogP contribution in [0, 0.1) is 5.92 Å². The molecule has 0 spiro atoms. The number of Topliss-reactive ketones (excluding diaryl/α,β-unsaturated/α-hetero) is 1. The van der Waals surface area contributed by atoms with Crippen LogP contribution in [0.3, 0.4) is 0 Å². The summed E-state index contributed by atoms with van der Waals surface area (Å²) in [5.41, 5.74) is 2.71. The maximum Gasteiger partial charge on any atom is 0.315 e. The van der Waals surface area contributed by atoms with E-state index in [1.165, 1.54) is 0 Å². The summed E-state index contributed by atoms with van der Waals surface area (Å²) >= 11 is 12.8. The number of halogens is 2. The average Bonchev–Trinajstić information content (AvgIpc) is 2.66. The molecule has 2 aliphatic rings. The lowest BCUT2D eigenvalue weighted by molar-refractivity contribution is -0.146. The van der Waals surface area contributed by atoms with Crippen LogP contribution < -0.4 is 0 Å². The third kappa shape index (κ3) is 4.18. The van der Waals surface area contributed by atoms with Crippen LogP contribution in [0.15, 0.2) is 34.5 Å². The Morgan fingerprint density at radius 2 is 2.04 bits per heavy atom. The minimum Gasteiger partial charge on any atom is -0.465 e. The number of esters is 1. The molecule has 2 atom stereocenters. The molecule has 6 heteroatoms. The SMILES string of the molecule is CCCCCOC(=O)C1C(C)=NC2=C(C(=O)CCC2)[C@H]1c1cccc(Cl)c1Cl. The normalized spacial score (nSPS) is 22.0. The fourth-order valence-corrected chi connectivity index (χ4v) is 4.45. The number of ketones is 1. The number of aliphatic imine (C=N–C) groups is 1. The van der Waals surface area contributed by atoms with Gasteiger partial charge in [-0.2, -0.15) is 0 Å². The van der Waals surface area contributed by atoms with Crippen LogP contribution in [-0.2, 0) is 14.3 Å². The third-order valence-corrected chi connectivity index (χ3v) is 6.23. The molecule has 150 valence electrons. The van der Waals surface area contributed by atoms with Crippen LogP contribution in [0.5, 0.6) is 0 Å². The van der Waals surface area contributed by atoms with Crippen molar-refractivity contribution in [2.75, 3.05) is 6.61 Å². The van der Waals surface area contributed by atoms with Gasteiger partial charge < -0.3 is 4.74 Å². The highest BCUT2D eigenvalue weighted by atomic mass is 35.5. The molecule has 0 saturated heterocycles. The van der Waals surface area contributed by atoms with Gasteiger partial charge in [0, 0.05) is 29.3 Å². The van der Waals surface area contributed by atoms with Gasteiger partial charge in [0.15, 0.2) is 5.78 Å². The van der Waals surface area contributed by atoms with Crippen molar-refractivity contribution in [3.63, 3.8) is 0 Å². The van der Waals surface area contributed by atoms with E-state index in [0.29, 0.717) is 39.9 Å². The average molecular weight is 422 g/mol. The Kier molecular flexibility index (Phi) is 6.95. The summed E-state index contributed by atoms with van der Waals surface area (Å²) in [7, 11) is 0. The van der Waals surface area contributed by atoms with Crippen LogP contribution in [0.25, 0.3) is 0 Å². The molecule has 0 fully saturated rings. The van der Waals surface area contributed by atoms with Gasteiger partial charge in [-0.1, -0.05) is 55.1 Å². The number of benzene rings is 1. The third-order valence-electron chi connectivity index (χ3n) is 5.40. The number of rotatable bonds is 6. The van der Waals surface area contributed by atoms with E-state index in [1.54, 1.807) is 12.1 Å². The maximum absolute atomic E-state index is 13.0. The second-order valence-corrected chi connectivity index (χ2v) is 8.15. The number of nitrogens with zero attached hydrogens (tertiary/aromatic N) is 1. The molecule has 1 aliphatic heterocycles. The van der Waals surface area contributed by atoms with Crippen LogP contribution in [-0.4, -0.2) is 24.1 Å². The monoisotopic (exact) mass is 421 g/mol. The van der Waals surface area contributed by atoms with E-state index in [-0.39, 0.29) is 11.8 Å². The summed E-state index contributed by atoms with van der Waals surface area (Å²) in [4.78, 5) is 30.5. The molecule has 1 aromatic carbocycles. The quantitative estimate of drug-likeness (QED) is 0.423. The zero-order chi connectivity index (χ0) is 20.3. The highest BCUT2D eigenvalue weighted by Gasteiger charge is 2.44. The molecule has 1 aromatic rings. The first kappa shape index (κ1) is 21.1. The van der Waals surface area contributed by atoms with Crippen molar-refractivity contribution >= 4 is 40.7 Å². The molecule has 28 heavy (non-hydrogen) atoms. The van der Waals surface area contributed by atoms with E-state index in [9.17, 15) is 9.59 Å². The van der Waals surface area contributed by atoms with E-state index >= 15 is 0 Å². The van der Waals surface area contributed by atoms with Crippen molar-refractivity contribution in [1.29, 1.82) is 0 Å². The van der Waals surface area contributed by atoms with E-state index in [1.807, 2.05) is 13.0 Å². The van der Waals surface area contributed by atoms with E-state index in [0.717, 1.165) is 37.8 Å². The molecule has 3 rings (SSSR count). The molecular formula is C22H25Cl2NO3. The van der Waals surface area contributed by atoms with Crippen LogP contribution in [0.1, 0.15) is 63.9 Å². The molecule has 0 N–H and O–H groups in total. The Hall–Kier alpha value is -1.65. The molecule has 1 heterocycles. The lowest BCUT2D eigenvalue weighted by Gasteiger charge is -2.35. The predicted octanol–water partition coefficient (Wildman–Crippen LogP) is 5.91. The van der Waals surface area contributed by atoms with Gasteiger partial charge in [0.1, 0.15) is 5.92 Å². The Morgan fingerprint density at radius 3 is 2.79 bits per heavy atom.